The lowest BCUT2D eigenvalue weighted by molar-refractivity contribution is 0.588. The molecule has 0 aliphatic rings. The molecule has 2 heterocycles. The number of fused-ring (bicyclic) bond motifs is 1. The highest BCUT2D eigenvalue weighted by Gasteiger charge is 2.19. The Hall–Kier alpha value is -2.21. The largest absolute Gasteiger partial charge is 0.269 e. The predicted molar refractivity (Wildman–Crippen MR) is 74.7 cm³/mol. The van der Waals surface area contributed by atoms with Crippen molar-refractivity contribution in [2.24, 2.45) is 0 Å². The van der Waals surface area contributed by atoms with E-state index in [9.17, 15) is 8.42 Å². The van der Waals surface area contributed by atoms with Crippen LogP contribution in [0, 0.1) is 13.8 Å². The fourth-order valence-corrected chi connectivity index (χ4v) is 3.22. The van der Waals surface area contributed by atoms with Gasteiger partial charge in [0.15, 0.2) is 5.65 Å². The summed E-state index contributed by atoms with van der Waals surface area (Å²) in [6, 6.07) is 8.22. The molecule has 5 nitrogen and oxygen atoms in total. The zero-order chi connectivity index (χ0) is 14.3. The Morgan fingerprint density at radius 2 is 1.85 bits per heavy atom. The molecule has 6 heteroatoms. The van der Waals surface area contributed by atoms with Gasteiger partial charge in [-0.15, -0.1) is 0 Å². The van der Waals surface area contributed by atoms with E-state index in [-0.39, 0.29) is 16.2 Å². The lowest BCUT2D eigenvalue weighted by atomic mass is 10.2. The van der Waals surface area contributed by atoms with Crippen LogP contribution >= 0.6 is 0 Å². The predicted octanol–water partition coefficient (Wildman–Crippen LogP) is 2.04. The standard InChI is InChI=1S/C14H11N3O2S/c1-10-3-5-12(6-4-10)20(18,19)17-8-7-13-14(17)15-9-11(2)16-13/h2-9H,1H3. The van der Waals surface area contributed by atoms with Gasteiger partial charge in [-0.2, -0.15) is 0 Å². The highest BCUT2D eigenvalue weighted by atomic mass is 32.2. The van der Waals surface area contributed by atoms with E-state index < -0.39 is 10.0 Å². The molecule has 3 rings (SSSR count). The van der Waals surface area contributed by atoms with Gasteiger partial charge in [-0.3, -0.25) is 0 Å². The summed E-state index contributed by atoms with van der Waals surface area (Å²) in [5.74, 6) is 0. The molecule has 0 spiro atoms. The molecule has 0 amide bonds. The SMILES string of the molecule is [CH]c1cnc2c(ccn2S(=O)(=O)c2ccc(C)cc2)n1. The molecule has 0 aliphatic heterocycles. The summed E-state index contributed by atoms with van der Waals surface area (Å²) < 4.78 is 26.2. The van der Waals surface area contributed by atoms with Crippen LogP contribution in [0.3, 0.4) is 0 Å². The van der Waals surface area contributed by atoms with Crippen LogP contribution in [0.15, 0.2) is 47.6 Å². The number of nitrogens with zero attached hydrogens (tertiary/aromatic N) is 3. The number of aromatic nitrogens is 3. The highest BCUT2D eigenvalue weighted by molar-refractivity contribution is 7.90. The number of hydrogen-bond donors (Lipinski definition) is 0. The number of benzene rings is 1. The van der Waals surface area contributed by atoms with Gasteiger partial charge in [0.25, 0.3) is 10.0 Å². The van der Waals surface area contributed by atoms with E-state index in [1.807, 2.05) is 6.92 Å². The molecule has 0 saturated carbocycles. The van der Waals surface area contributed by atoms with E-state index in [0.29, 0.717) is 5.52 Å². The van der Waals surface area contributed by atoms with Gasteiger partial charge in [-0.1, -0.05) is 17.7 Å². The molecule has 20 heavy (non-hydrogen) atoms. The van der Waals surface area contributed by atoms with Crippen LogP contribution in [-0.4, -0.2) is 22.4 Å². The molecule has 0 unspecified atom stereocenters. The molecular formula is C14H11N3O2S. The maximum absolute atomic E-state index is 12.6. The van der Waals surface area contributed by atoms with Crippen molar-refractivity contribution in [3.8, 4) is 0 Å². The summed E-state index contributed by atoms with van der Waals surface area (Å²) in [4.78, 5) is 8.30. The van der Waals surface area contributed by atoms with Crippen LogP contribution in [0.2, 0.25) is 0 Å². The first kappa shape index (κ1) is 12.8. The normalized spacial score (nSPS) is 11.9. The Balaban J connectivity index is 2.21. The lowest BCUT2D eigenvalue weighted by Crippen LogP contribution is -2.12. The van der Waals surface area contributed by atoms with Crippen molar-refractivity contribution < 1.29 is 8.42 Å². The fraction of sp³-hybridized carbons (Fsp3) is 0.0714. The molecule has 0 N–H and O–H groups in total. The quantitative estimate of drug-likeness (QED) is 0.722. The Labute approximate surface area is 117 Å². The van der Waals surface area contributed by atoms with Gasteiger partial charge in [0, 0.05) is 13.1 Å². The van der Waals surface area contributed by atoms with Crippen molar-refractivity contribution in [2.45, 2.75) is 11.8 Å². The minimum absolute atomic E-state index is 0.208. The second kappa shape index (κ2) is 4.42. The van der Waals surface area contributed by atoms with Crippen molar-refractivity contribution >= 4 is 21.2 Å². The van der Waals surface area contributed by atoms with Crippen molar-refractivity contribution in [1.82, 2.24) is 13.9 Å². The van der Waals surface area contributed by atoms with Crippen LogP contribution in [-0.2, 0) is 10.0 Å². The summed E-state index contributed by atoms with van der Waals surface area (Å²) in [6.07, 6.45) is 2.77. The van der Waals surface area contributed by atoms with Crippen molar-refractivity contribution in [1.29, 1.82) is 0 Å². The van der Waals surface area contributed by atoms with Crippen molar-refractivity contribution in [3.05, 3.63) is 60.9 Å². The average molecular weight is 285 g/mol. The maximum Gasteiger partial charge on any atom is 0.269 e. The van der Waals surface area contributed by atoms with Crippen molar-refractivity contribution in [2.75, 3.05) is 0 Å². The smallest absolute Gasteiger partial charge is 0.248 e. The molecule has 0 saturated heterocycles. The van der Waals surface area contributed by atoms with Gasteiger partial charge in [-0.05, 0) is 25.1 Å². The first-order valence-corrected chi connectivity index (χ1v) is 7.34. The molecular weight excluding hydrogens is 274 g/mol. The summed E-state index contributed by atoms with van der Waals surface area (Å²) in [5.41, 5.74) is 1.96. The van der Waals surface area contributed by atoms with Crippen LogP contribution < -0.4 is 0 Å². The summed E-state index contributed by atoms with van der Waals surface area (Å²) in [6.45, 7) is 7.44. The third-order valence-corrected chi connectivity index (χ3v) is 4.63. The third kappa shape index (κ3) is 1.98. The van der Waals surface area contributed by atoms with E-state index in [4.69, 9.17) is 6.92 Å². The first-order chi connectivity index (χ1) is 9.48. The minimum Gasteiger partial charge on any atom is -0.248 e. The maximum atomic E-state index is 12.6. The van der Waals surface area contributed by atoms with Gasteiger partial charge >= 0.3 is 0 Å². The molecule has 2 radical (unpaired) electrons. The second-order valence-corrected chi connectivity index (χ2v) is 6.25. The number of hydrogen-bond acceptors (Lipinski definition) is 4. The van der Waals surface area contributed by atoms with E-state index in [0.717, 1.165) is 9.54 Å². The Morgan fingerprint density at radius 1 is 1.15 bits per heavy atom. The van der Waals surface area contributed by atoms with Crippen molar-refractivity contribution in [3.63, 3.8) is 0 Å². The van der Waals surface area contributed by atoms with E-state index in [1.54, 1.807) is 30.3 Å². The van der Waals surface area contributed by atoms with E-state index in [1.165, 1.54) is 12.4 Å². The van der Waals surface area contributed by atoms with Gasteiger partial charge in [0.1, 0.15) is 5.52 Å². The van der Waals surface area contributed by atoms with Gasteiger partial charge in [0.05, 0.1) is 16.8 Å². The molecule has 1 aromatic carbocycles. The Morgan fingerprint density at radius 3 is 2.55 bits per heavy atom. The molecule has 0 bridgehead atoms. The monoisotopic (exact) mass is 285 g/mol. The second-order valence-electron chi connectivity index (χ2n) is 4.43. The molecule has 2 aromatic heterocycles. The molecule has 0 aliphatic carbocycles. The number of aryl methyl sites for hydroxylation is 1. The lowest BCUT2D eigenvalue weighted by Gasteiger charge is -2.07. The summed E-state index contributed by atoms with van der Waals surface area (Å²) in [7, 11) is -3.68. The van der Waals surface area contributed by atoms with Gasteiger partial charge < -0.3 is 0 Å². The van der Waals surface area contributed by atoms with Crippen LogP contribution in [0.5, 0.6) is 0 Å². The highest BCUT2D eigenvalue weighted by Crippen LogP contribution is 2.20. The Kier molecular flexibility index (Phi) is 2.83. The summed E-state index contributed by atoms with van der Waals surface area (Å²) in [5, 5.41) is 0. The average Bonchev–Trinajstić information content (AvgIpc) is 2.82. The van der Waals surface area contributed by atoms with Crippen LogP contribution in [0.4, 0.5) is 0 Å². The third-order valence-electron chi connectivity index (χ3n) is 2.95. The summed E-state index contributed by atoms with van der Waals surface area (Å²) >= 11 is 0. The van der Waals surface area contributed by atoms with Gasteiger partial charge in [0.2, 0.25) is 0 Å². The van der Waals surface area contributed by atoms with E-state index >= 15 is 0 Å². The van der Waals surface area contributed by atoms with E-state index in [2.05, 4.69) is 9.97 Å². The molecule has 0 atom stereocenters. The van der Waals surface area contributed by atoms with Gasteiger partial charge in [-0.25, -0.2) is 22.4 Å². The van der Waals surface area contributed by atoms with Crippen LogP contribution in [0.25, 0.3) is 11.2 Å². The molecule has 3 aromatic rings. The topological polar surface area (TPSA) is 64.8 Å². The Bertz CT molecular complexity index is 880. The minimum atomic E-state index is -3.68. The van der Waals surface area contributed by atoms with Crippen LogP contribution in [0.1, 0.15) is 11.3 Å². The zero-order valence-corrected chi connectivity index (χ0v) is 11.5. The fourth-order valence-electron chi connectivity index (χ4n) is 1.92. The molecule has 0 fully saturated rings. The first-order valence-electron chi connectivity index (χ1n) is 5.90. The molecule has 100 valence electrons. The zero-order valence-electron chi connectivity index (χ0n) is 10.7. The number of rotatable bonds is 2.